The van der Waals surface area contributed by atoms with Crippen molar-refractivity contribution in [2.45, 2.75) is 31.6 Å². The molecule has 0 fully saturated rings. The number of rotatable bonds is 5. The number of benzene rings is 1. The standard InChI is InChI=1S/C12H17ClN2O3S/c1-3-4-8(2)12(16)15-9-5-6-11(10(13)7-9)19(14,17)18/h5-8H,3-4H2,1-2H3,(H,15,16)(H2,14,17,18). The van der Waals surface area contributed by atoms with Crippen molar-refractivity contribution in [1.82, 2.24) is 0 Å². The Bertz CT molecular complexity index is 572. The molecule has 19 heavy (non-hydrogen) atoms. The largest absolute Gasteiger partial charge is 0.326 e. The molecule has 0 aromatic heterocycles. The summed E-state index contributed by atoms with van der Waals surface area (Å²) in [5.41, 5.74) is 0.449. The molecule has 1 rings (SSSR count). The molecule has 0 heterocycles. The third kappa shape index (κ3) is 4.49. The van der Waals surface area contributed by atoms with Crippen molar-refractivity contribution in [1.29, 1.82) is 0 Å². The molecule has 0 aliphatic carbocycles. The molecule has 106 valence electrons. The van der Waals surface area contributed by atoms with Gasteiger partial charge < -0.3 is 5.32 Å². The first-order valence-corrected chi connectivity index (χ1v) is 7.81. The highest BCUT2D eigenvalue weighted by Gasteiger charge is 2.15. The van der Waals surface area contributed by atoms with E-state index in [9.17, 15) is 13.2 Å². The number of halogens is 1. The lowest BCUT2D eigenvalue weighted by molar-refractivity contribution is -0.119. The van der Waals surface area contributed by atoms with Crippen LogP contribution in [0.15, 0.2) is 23.1 Å². The maximum Gasteiger partial charge on any atom is 0.239 e. The Morgan fingerprint density at radius 1 is 1.47 bits per heavy atom. The molecule has 0 radical (unpaired) electrons. The third-order valence-electron chi connectivity index (χ3n) is 2.68. The predicted molar refractivity (Wildman–Crippen MR) is 75.5 cm³/mol. The van der Waals surface area contributed by atoms with Gasteiger partial charge in [-0.3, -0.25) is 4.79 Å². The van der Waals surface area contributed by atoms with Gasteiger partial charge in [0, 0.05) is 11.6 Å². The number of carbonyl (C=O) groups is 1. The molecular weight excluding hydrogens is 288 g/mol. The van der Waals surface area contributed by atoms with E-state index in [1.54, 1.807) is 0 Å². The fraction of sp³-hybridized carbons (Fsp3) is 0.417. The van der Waals surface area contributed by atoms with Crippen molar-refractivity contribution in [3.63, 3.8) is 0 Å². The Morgan fingerprint density at radius 2 is 2.11 bits per heavy atom. The molecule has 0 aliphatic rings. The average Bonchev–Trinajstić information content (AvgIpc) is 2.27. The van der Waals surface area contributed by atoms with Crippen LogP contribution < -0.4 is 10.5 Å². The number of hydrogen-bond donors (Lipinski definition) is 2. The summed E-state index contributed by atoms with van der Waals surface area (Å²) in [5.74, 6) is -0.233. The molecule has 0 aliphatic heterocycles. The van der Waals surface area contributed by atoms with Crippen LogP contribution >= 0.6 is 11.6 Å². The van der Waals surface area contributed by atoms with Crippen LogP contribution in [0, 0.1) is 5.92 Å². The SMILES string of the molecule is CCCC(C)C(=O)Nc1ccc(S(N)(=O)=O)c(Cl)c1. The first-order valence-electron chi connectivity index (χ1n) is 5.89. The molecule has 3 N–H and O–H groups in total. The van der Waals surface area contributed by atoms with Crippen LogP contribution in [0.2, 0.25) is 5.02 Å². The van der Waals surface area contributed by atoms with Crippen molar-refractivity contribution in [2.24, 2.45) is 11.1 Å². The third-order valence-corrected chi connectivity index (χ3v) is 4.07. The molecule has 1 aromatic carbocycles. The van der Waals surface area contributed by atoms with Gasteiger partial charge in [-0.15, -0.1) is 0 Å². The normalized spacial score (nSPS) is 13.1. The number of anilines is 1. The fourth-order valence-electron chi connectivity index (χ4n) is 1.64. The van der Waals surface area contributed by atoms with Gasteiger partial charge >= 0.3 is 0 Å². The summed E-state index contributed by atoms with van der Waals surface area (Å²) >= 11 is 5.83. The van der Waals surface area contributed by atoms with E-state index in [-0.39, 0.29) is 21.7 Å². The van der Waals surface area contributed by atoms with Crippen molar-refractivity contribution in [3.05, 3.63) is 23.2 Å². The van der Waals surface area contributed by atoms with Gasteiger partial charge in [-0.25, -0.2) is 13.6 Å². The van der Waals surface area contributed by atoms with E-state index in [1.807, 2.05) is 13.8 Å². The first kappa shape index (κ1) is 15.9. The zero-order chi connectivity index (χ0) is 14.6. The number of carbonyl (C=O) groups excluding carboxylic acids is 1. The zero-order valence-corrected chi connectivity index (χ0v) is 12.4. The van der Waals surface area contributed by atoms with E-state index in [1.165, 1.54) is 18.2 Å². The van der Waals surface area contributed by atoms with Crippen molar-refractivity contribution in [3.8, 4) is 0 Å². The lowest BCUT2D eigenvalue weighted by atomic mass is 10.1. The Balaban J connectivity index is 2.88. The van der Waals surface area contributed by atoms with E-state index in [4.69, 9.17) is 16.7 Å². The average molecular weight is 305 g/mol. The second-order valence-electron chi connectivity index (χ2n) is 4.37. The van der Waals surface area contributed by atoms with E-state index < -0.39 is 10.0 Å². The monoisotopic (exact) mass is 304 g/mol. The Hall–Kier alpha value is -1.11. The van der Waals surface area contributed by atoms with Crippen LogP contribution in [0.3, 0.4) is 0 Å². The molecule has 1 aromatic rings. The summed E-state index contributed by atoms with van der Waals surface area (Å²) in [6.07, 6.45) is 1.70. The Labute approximate surface area is 118 Å². The van der Waals surface area contributed by atoms with Gasteiger partial charge in [-0.05, 0) is 24.6 Å². The van der Waals surface area contributed by atoms with Gasteiger partial charge in [0.25, 0.3) is 0 Å². The van der Waals surface area contributed by atoms with Gasteiger partial charge in [0.2, 0.25) is 15.9 Å². The molecule has 0 saturated heterocycles. The van der Waals surface area contributed by atoms with Crippen molar-refractivity contribution in [2.75, 3.05) is 5.32 Å². The number of sulfonamides is 1. The summed E-state index contributed by atoms with van der Waals surface area (Å²) < 4.78 is 22.4. The first-order chi connectivity index (χ1) is 8.75. The smallest absolute Gasteiger partial charge is 0.239 e. The number of primary sulfonamides is 1. The summed E-state index contributed by atoms with van der Waals surface area (Å²) in [7, 11) is -3.85. The zero-order valence-electron chi connectivity index (χ0n) is 10.8. The van der Waals surface area contributed by atoms with Gasteiger partial charge in [0.15, 0.2) is 0 Å². The number of hydrogen-bond acceptors (Lipinski definition) is 3. The maximum atomic E-state index is 11.8. The van der Waals surface area contributed by atoms with Crippen molar-refractivity contribution < 1.29 is 13.2 Å². The summed E-state index contributed by atoms with van der Waals surface area (Å²) in [6, 6.07) is 4.11. The summed E-state index contributed by atoms with van der Waals surface area (Å²) in [5, 5.41) is 7.67. The predicted octanol–water partition coefficient (Wildman–Crippen LogP) is 2.36. The van der Waals surface area contributed by atoms with E-state index in [0.717, 1.165) is 12.8 Å². The molecule has 1 atom stereocenters. The summed E-state index contributed by atoms with van der Waals surface area (Å²) in [4.78, 5) is 11.6. The Morgan fingerprint density at radius 3 is 2.58 bits per heavy atom. The second-order valence-corrected chi connectivity index (χ2v) is 6.31. The van der Waals surface area contributed by atoms with E-state index in [0.29, 0.717) is 5.69 Å². The number of amides is 1. The Kier molecular flexibility index (Phi) is 5.34. The molecule has 0 spiro atoms. The van der Waals surface area contributed by atoms with Crippen molar-refractivity contribution >= 4 is 33.2 Å². The quantitative estimate of drug-likeness (QED) is 0.875. The molecular formula is C12H17ClN2O3S. The van der Waals surface area contributed by atoms with Gasteiger partial charge in [-0.1, -0.05) is 31.9 Å². The van der Waals surface area contributed by atoms with Crippen LogP contribution in [0.1, 0.15) is 26.7 Å². The van der Waals surface area contributed by atoms with Crippen LogP contribution in [0.4, 0.5) is 5.69 Å². The lowest BCUT2D eigenvalue weighted by Crippen LogP contribution is -2.20. The second kappa shape index (κ2) is 6.36. The van der Waals surface area contributed by atoms with Crippen LogP contribution in [0.25, 0.3) is 0 Å². The van der Waals surface area contributed by atoms with Crippen LogP contribution in [0.5, 0.6) is 0 Å². The minimum Gasteiger partial charge on any atom is -0.326 e. The molecule has 1 unspecified atom stereocenters. The molecule has 0 bridgehead atoms. The molecule has 7 heteroatoms. The summed E-state index contributed by atoms with van der Waals surface area (Å²) in [6.45, 7) is 3.83. The fourth-order valence-corrected chi connectivity index (χ4v) is 2.73. The molecule has 5 nitrogen and oxygen atoms in total. The maximum absolute atomic E-state index is 11.8. The highest BCUT2D eigenvalue weighted by molar-refractivity contribution is 7.89. The topological polar surface area (TPSA) is 89.3 Å². The number of nitrogens with one attached hydrogen (secondary N) is 1. The minimum atomic E-state index is -3.85. The van der Waals surface area contributed by atoms with Gasteiger partial charge in [0.05, 0.1) is 5.02 Å². The minimum absolute atomic E-state index is 0.0107. The van der Waals surface area contributed by atoms with E-state index in [2.05, 4.69) is 5.32 Å². The van der Waals surface area contributed by atoms with Gasteiger partial charge in [-0.2, -0.15) is 0 Å². The highest BCUT2D eigenvalue weighted by Crippen LogP contribution is 2.24. The van der Waals surface area contributed by atoms with Crippen LogP contribution in [-0.4, -0.2) is 14.3 Å². The van der Waals surface area contributed by atoms with Crippen LogP contribution in [-0.2, 0) is 14.8 Å². The molecule has 0 saturated carbocycles. The number of nitrogens with two attached hydrogens (primary N) is 1. The van der Waals surface area contributed by atoms with E-state index >= 15 is 0 Å². The molecule has 1 amide bonds. The van der Waals surface area contributed by atoms with Gasteiger partial charge in [0.1, 0.15) is 4.90 Å². The highest BCUT2D eigenvalue weighted by atomic mass is 35.5. The lowest BCUT2D eigenvalue weighted by Gasteiger charge is -2.12.